The van der Waals surface area contributed by atoms with Gasteiger partial charge in [0, 0.05) is 30.8 Å². The van der Waals surface area contributed by atoms with E-state index < -0.39 is 0 Å². The molecule has 0 aromatic carbocycles. The van der Waals surface area contributed by atoms with E-state index in [9.17, 15) is 0 Å². The molecular weight excluding hydrogens is 314 g/mol. The molecule has 2 fully saturated rings. The molecule has 2 saturated heterocycles. The van der Waals surface area contributed by atoms with Crippen LogP contribution in [0.25, 0.3) is 0 Å². The lowest BCUT2D eigenvalue weighted by Gasteiger charge is -2.37. The highest BCUT2D eigenvalue weighted by Crippen LogP contribution is 2.38. The Hall–Kier alpha value is -0.330. The molecule has 98 valence electrons. The molecule has 0 radical (unpaired) electrons. The Labute approximate surface area is 119 Å². The van der Waals surface area contributed by atoms with Gasteiger partial charge in [-0.2, -0.15) is 11.8 Å². The predicted octanol–water partition coefficient (Wildman–Crippen LogP) is 2.71. The van der Waals surface area contributed by atoms with Crippen molar-refractivity contribution in [3.8, 4) is 0 Å². The third-order valence-corrected chi connectivity index (χ3v) is 5.15. The fourth-order valence-electron chi connectivity index (χ4n) is 2.58. The van der Waals surface area contributed by atoms with Crippen molar-refractivity contribution in [2.24, 2.45) is 0 Å². The van der Waals surface area contributed by atoms with Crippen LogP contribution >= 0.6 is 27.7 Å². The first kappa shape index (κ1) is 12.7. The first-order chi connectivity index (χ1) is 8.76. The maximum Gasteiger partial charge on any atom is 0.222 e. The molecule has 0 bridgehead atoms. The number of ether oxygens (including phenoxy) is 1. The van der Waals surface area contributed by atoms with Crippen LogP contribution in [0, 0.1) is 0 Å². The van der Waals surface area contributed by atoms with Gasteiger partial charge < -0.3 is 10.1 Å². The van der Waals surface area contributed by atoms with Gasteiger partial charge in [-0.3, -0.25) is 0 Å². The van der Waals surface area contributed by atoms with Gasteiger partial charge in [-0.05, 0) is 40.9 Å². The van der Waals surface area contributed by atoms with E-state index in [2.05, 4.69) is 31.2 Å². The number of hydrogen-bond donors (Lipinski definition) is 1. The molecule has 0 amide bonds. The van der Waals surface area contributed by atoms with E-state index in [1.165, 1.54) is 12.2 Å². The van der Waals surface area contributed by atoms with Crippen LogP contribution in [-0.2, 0) is 4.74 Å². The third kappa shape index (κ3) is 2.81. The number of aromatic nitrogens is 2. The zero-order chi connectivity index (χ0) is 12.4. The van der Waals surface area contributed by atoms with Crippen molar-refractivity contribution in [2.45, 2.75) is 30.9 Å². The van der Waals surface area contributed by atoms with Gasteiger partial charge in [0.05, 0.1) is 10.1 Å². The molecule has 1 aromatic heterocycles. The molecule has 1 N–H and O–H groups in total. The van der Waals surface area contributed by atoms with Crippen LogP contribution < -0.4 is 5.32 Å². The van der Waals surface area contributed by atoms with Crippen molar-refractivity contribution in [1.82, 2.24) is 9.97 Å². The smallest absolute Gasteiger partial charge is 0.222 e. The molecule has 2 aliphatic rings. The molecule has 3 heterocycles. The van der Waals surface area contributed by atoms with Crippen LogP contribution in [0.15, 0.2) is 16.9 Å². The van der Waals surface area contributed by atoms with Crippen LogP contribution in [0.3, 0.4) is 0 Å². The highest BCUT2D eigenvalue weighted by Gasteiger charge is 2.40. The van der Waals surface area contributed by atoms with Crippen LogP contribution in [0.5, 0.6) is 0 Å². The fraction of sp³-hybridized carbons (Fsp3) is 0.667. The standard InChI is InChI=1S/C12H16BrN3OS/c13-9-6-14-11(15-7-9)16-10-1-3-17-12(5-10)2-4-18-8-12/h6-7,10H,1-5,8H2,(H,14,15,16)/t10-,12-/m0/s1. The molecule has 2 aliphatic heterocycles. The topological polar surface area (TPSA) is 47.0 Å². The van der Waals surface area contributed by atoms with Crippen LogP contribution in [0.4, 0.5) is 5.95 Å². The number of thioether (sulfide) groups is 1. The van der Waals surface area contributed by atoms with Crippen molar-refractivity contribution < 1.29 is 4.74 Å². The van der Waals surface area contributed by atoms with E-state index in [-0.39, 0.29) is 5.60 Å². The van der Waals surface area contributed by atoms with Gasteiger partial charge in [0.15, 0.2) is 0 Å². The Kier molecular flexibility index (Phi) is 3.77. The second kappa shape index (κ2) is 5.35. The second-order valence-electron chi connectivity index (χ2n) is 4.89. The highest BCUT2D eigenvalue weighted by molar-refractivity contribution is 9.10. The summed E-state index contributed by atoms with van der Waals surface area (Å²) in [5.74, 6) is 3.07. The lowest BCUT2D eigenvalue weighted by atomic mass is 9.90. The van der Waals surface area contributed by atoms with Crippen molar-refractivity contribution in [3.63, 3.8) is 0 Å². The van der Waals surface area contributed by atoms with Gasteiger partial charge in [-0.15, -0.1) is 0 Å². The van der Waals surface area contributed by atoms with Crippen molar-refractivity contribution >= 4 is 33.6 Å². The van der Waals surface area contributed by atoms with Gasteiger partial charge in [0.25, 0.3) is 0 Å². The minimum Gasteiger partial charge on any atom is -0.374 e. The summed E-state index contributed by atoms with van der Waals surface area (Å²) in [6, 6.07) is 0.429. The highest BCUT2D eigenvalue weighted by atomic mass is 79.9. The summed E-state index contributed by atoms with van der Waals surface area (Å²) < 4.78 is 6.91. The van der Waals surface area contributed by atoms with Crippen LogP contribution in [0.1, 0.15) is 19.3 Å². The average Bonchev–Trinajstić information content (AvgIpc) is 2.80. The Balaban J connectivity index is 1.64. The normalized spacial score (nSPS) is 31.7. The number of nitrogens with one attached hydrogen (secondary N) is 1. The molecule has 4 nitrogen and oxygen atoms in total. The summed E-state index contributed by atoms with van der Waals surface area (Å²) >= 11 is 5.34. The molecule has 0 aliphatic carbocycles. The molecule has 0 unspecified atom stereocenters. The summed E-state index contributed by atoms with van der Waals surface area (Å²) in [7, 11) is 0. The quantitative estimate of drug-likeness (QED) is 0.903. The number of nitrogens with zero attached hydrogens (tertiary/aromatic N) is 2. The Morgan fingerprint density at radius 1 is 1.44 bits per heavy atom. The third-order valence-electron chi connectivity index (χ3n) is 3.51. The summed E-state index contributed by atoms with van der Waals surface area (Å²) in [5, 5.41) is 3.43. The molecule has 1 aromatic rings. The molecule has 2 atom stereocenters. The van der Waals surface area contributed by atoms with Gasteiger partial charge >= 0.3 is 0 Å². The van der Waals surface area contributed by atoms with Crippen molar-refractivity contribution in [2.75, 3.05) is 23.4 Å². The fourth-order valence-corrected chi connectivity index (χ4v) is 4.17. The number of anilines is 1. The Bertz CT molecular complexity index is 408. The molecule has 3 rings (SSSR count). The summed E-state index contributed by atoms with van der Waals surface area (Å²) in [6.45, 7) is 0.842. The number of hydrogen-bond acceptors (Lipinski definition) is 5. The maximum absolute atomic E-state index is 6.00. The molecule has 6 heteroatoms. The van der Waals surface area contributed by atoms with Crippen molar-refractivity contribution in [3.05, 3.63) is 16.9 Å². The van der Waals surface area contributed by atoms with Crippen molar-refractivity contribution in [1.29, 1.82) is 0 Å². The zero-order valence-electron chi connectivity index (χ0n) is 10.1. The van der Waals surface area contributed by atoms with Gasteiger partial charge in [-0.1, -0.05) is 0 Å². The molecule has 18 heavy (non-hydrogen) atoms. The monoisotopic (exact) mass is 329 g/mol. The van der Waals surface area contributed by atoms with Crippen LogP contribution in [-0.4, -0.2) is 39.7 Å². The van der Waals surface area contributed by atoms with Crippen LogP contribution in [0.2, 0.25) is 0 Å². The van der Waals surface area contributed by atoms with E-state index in [0.717, 1.165) is 29.7 Å². The second-order valence-corrected chi connectivity index (χ2v) is 6.91. The van der Waals surface area contributed by atoms with E-state index in [1.807, 2.05) is 11.8 Å². The Morgan fingerprint density at radius 3 is 3.00 bits per heavy atom. The van der Waals surface area contributed by atoms with E-state index in [1.54, 1.807) is 12.4 Å². The van der Waals surface area contributed by atoms with E-state index in [4.69, 9.17) is 4.74 Å². The number of rotatable bonds is 2. The Morgan fingerprint density at radius 2 is 2.28 bits per heavy atom. The lowest BCUT2D eigenvalue weighted by molar-refractivity contribution is -0.0628. The average molecular weight is 330 g/mol. The summed E-state index contributed by atoms with van der Waals surface area (Å²) in [5.41, 5.74) is 0.107. The summed E-state index contributed by atoms with van der Waals surface area (Å²) in [4.78, 5) is 8.54. The van der Waals surface area contributed by atoms with Gasteiger partial charge in [0.1, 0.15) is 0 Å². The summed E-state index contributed by atoms with van der Waals surface area (Å²) in [6.07, 6.45) is 6.83. The zero-order valence-corrected chi connectivity index (χ0v) is 12.5. The lowest BCUT2D eigenvalue weighted by Crippen LogP contribution is -2.44. The minimum atomic E-state index is 0.107. The van der Waals surface area contributed by atoms with Gasteiger partial charge in [-0.25, -0.2) is 9.97 Å². The van der Waals surface area contributed by atoms with E-state index >= 15 is 0 Å². The van der Waals surface area contributed by atoms with Gasteiger partial charge in [0.2, 0.25) is 5.95 Å². The maximum atomic E-state index is 6.00. The van der Waals surface area contributed by atoms with E-state index in [0.29, 0.717) is 12.0 Å². The molecular formula is C12H16BrN3OS. The number of halogens is 1. The minimum absolute atomic E-state index is 0.107. The first-order valence-corrected chi connectivity index (χ1v) is 8.16. The molecule has 0 saturated carbocycles. The largest absolute Gasteiger partial charge is 0.374 e. The molecule has 1 spiro atoms. The predicted molar refractivity (Wildman–Crippen MR) is 77.0 cm³/mol. The first-order valence-electron chi connectivity index (χ1n) is 6.22. The SMILES string of the molecule is Brc1cnc(N[C@H]2CCO[C@@]3(CCSC3)C2)nc1.